The number of H-pyrrole nitrogens is 3. The molecule has 8 nitrogen and oxygen atoms in total. The van der Waals surface area contributed by atoms with E-state index in [0.717, 1.165) is 52.0 Å². The summed E-state index contributed by atoms with van der Waals surface area (Å²) in [4.78, 5) is 31.1. The second-order valence-corrected chi connectivity index (χ2v) is 12.7. The molecule has 3 aromatic heterocycles. The van der Waals surface area contributed by atoms with E-state index in [-0.39, 0.29) is 33.0 Å². The lowest BCUT2D eigenvalue weighted by Gasteiger charge is -1.98. The predicted molar refractivity (Wildman–Crippen MR) is 225 cm³/mol. The first-order valence-electron chi connectivity index (χ1n) is 16.2. The largest absolute Gasteiger partial charge is 0.361 e. The monoisotopic (exact) mass is 810 g/mol. The number of nitriles is 3. The van der Waals surface area contributed by atoms with Gasteiger partial charge in [0, 0.05) is 97.2 Å². The van der Waals surface area contributed by atoms with Gasteiger partial charge in [0.05, 0.1) is 34.9 Å². The minimum absolute atomic E-state index is 0. The molecule has 0 amide bonds. The summed E-state index contributed by atoms with van der Waals surface area (Å²) < 4.78 is 0. The standard InChI is InChI=1S/C13H11ClN2O.C13H13ClN2.C9H6N2.C4H6Cl2O.CH4.B.FH.H2/c14-5-1-2-13(17)11-8-16-12-4-3-9(7-15)6-10(11)12;14-6-2-1-3-11-9-16-13-5-4-10(8-15)7-12(11)13;10-6-7-1-2-9-8(5-7)3-4-11-9;5-3-1-2-4(6)7;;;;/h3-4,6,8,16H,1-2,5H2;4-5,7,9,16H,1-3,6H2;1-5,11H;1-3H2;1H4;;2*1H/i;;;;;;;1+1. The van der Waals surface area contributed by atoms with Crippen molar-refractivity contribution in [2.75, 3.05) is 17.6 Å². The van der Waals surface area contributed by atoms with Crippen LogP contribution in [0.5, 0.6) is 0 Å². The number of aromatic amines is 3. The van der Waals surface area contributed by atoms with Crippen molar-refractivity contribution in [3.63, 3.8) is 0 Å². The van der Waals surface area contributed by atoms with Crippen LogP contribution in [0.1, 0.15) is 80.0 Å². The first-order chi connectivity index (χ1) is 24.8. The maximum Gasteiger partial charge on any atom is 0.221 e. The van der Waals surface area contributed by atoms with Crippen LogP contribution < -0.4 is 0 Å². The van der Waals surface area contributed by atoms with E-state index < -0.39 is 0 Å². The van der Waals surface area contributed by atoms with Crippen molar-refractivity contribution in [2.24, 2.45) is 0 Å². The summed E-state index contributed by atoms with van der Waals surface area (Å²) in [6, 6.07) is 24.9. The van der Waals surface area contributed by atoms with E-state index in [1.54, 1.807) is 24.4 Å². The molecule has 3 heterocycles. The average molecular weight is 812 g/mol. The van der Waals surface area contributed by atoms with E-state index in [0.29, 0.717) is 65.6 Å². The van der Waals surface area contributed by atoms with Crippen molar-refractivity contribution >= 4 is 98.6 Å². The second-order valence-electron chi connectivity index (χ2n) is 11.2. The molecule has 0 aliphatic heterocycles. The first-order valence-corrected chi connectivity index (χ1v) is 18.1. The molecule has 0 atom stereocenters. The third-order valence-corrected chi connectivity index (χ3v) is 8.56. The van der Waals surface area contributed by atoms with Gasteiger partial charge in [0.25, 0.3) is 0 Å². The lowest BCUT2D eigenvalue weighted by Crippen LogP contribution is -1.98. The molecule has 0 aliphatic carbocycles. The van der Waals surface area contributed by atoms with Gasteiger partial charge < -0.3 is 15.0 Å². The fraction of sp³-hybridized carbons (Fsp3) is 0.275. The molecule has 0 saturated carbocycles. The summed E-state index contributed by atoms with van der Waals surface area (Å²) in [5, 5.41) is 29.0. The summed E-state index contributed by atoms with van der Waals surface area (Å²) in [5.74, 6) is 1.77. The number of benzene rings is 3. The van der Waals surface area contributed by atoms with Crippen LogP contribution in [-0.2, 0) is 11.2 Å². The number of ketones is 1. The molecule has 14 heteroatoms. The number of unbranched alkanes of at least 4 members (excludes halogenated alkanes) is 1. The topological polar surface area (TPSA) is 153 Å². The number of halogens is 5. The number of nitrogens with one attached hydrogen (secondary N) is 3. The smallest absolute Gasteiger partial charge is 0.221 e. The number of aromatic nitrogens is 3. The van der Waals surface area contributed by atoms with Crippen LogP contribution in [0, 0.1) is 34.0 Å². The predicted octanol–water partition coefficient (Wildman–Crippen LogP) is 11.3. The van der Waals surface area contributed by atoms with Crippen molar-refractivity contribution in [2.45, 2.75) is 52.4 Å². The molecule has 3 radical (unpaired) electrons. The number of alkyl halides is 3. The molecule has 283 valence electrons. The maximum absolute atomic E-state index is 11.9. The summed E-state index contributed by atoms with van der Waals surface area (Å²) >= 11 is 21.4. The van der Waals surface area contributed by atoms with Gasteiger partial charge in [-0.15, -0.1) is 34.8 Å². The Morgan fingerprint density at radius 3 is 1.72 bits per heavy atom. The molecule has 0 saturated heterocycles. The Balaban J connectivity index is 0. The van der Waals surface area contributed by atoms with E-state index in [4.69, 9.17) is 62.2 Å². The van der Waals surface area contributed by atoms with Gasteiger partial charge in [-0.2, -0.15) is 15.8 Å². The molecule has 6 rings (SSSR count). The van der Waals surface area contributed by atoms with E-state index in [2.05, 4.69) is 33.2 Å². The number of hydrogen-bond acceptors (Lipinski definition) is 5. The third-order valence-electron chi connectivity index (χ3n) is 7.56. The summed E-state index contributed by atoms with van der Waals surface area (Å²) in [6.07, 6.45) is 10.9. The lowest BCUT2D eigenvalue weighted by atomic mass is 10.0. The highest BCUT2D eigenvalue weighted by Gasteiger charge is 2.12. The highest BCUT2D eigenvalue weighted by molar-refractivity contribution is 6.63. The first kappa shape index (κ1) is 49.2. The van der Waals surface area contributed by atoms with Gasteiger partial charge in [-0.25, -0.2) is 0 Å². The number of hydrogen-bond donors (Lipinski definition) is 3. The molecule has 3 N–H and O–H groups in total. The average Bonchev–Trinajstić information content (AvgIpc) is 3.91. The third kappa shape index (κ3) is 15.3. The van der Waals surface area contributed by atoms with Crippen LogP contribution in [0.15, 0.2) is 79.3 Å². The minimum Gasteiger partial charge on any atom is -0.361 e. The Bertz CT molecular complexity index is 2190. The second kappa shape index (κ2) is 26.9. The Kier molecular flexibility index (Phi) is 24.6. The lowest BCUT2D eigenvalue weighted by molar-refractivity contribution is -0.111. The number of nitrogens with zero attached hydrogens (tertiary/aromatic N) is 3. The van der Waals surface area contributed by atoms with Gasteiger partial charge in [-0.05, 0) is 110 Å². The summed E-state index contributed by atoms with van der Waals surface area (Å²) in [6.45, 7) is 0. The fourth-order valence-electron chi connectivity index (χ4n) is 4.98. The Hall–Kier alpha value is -4.76. The number of Topliss-reactive ketones (excluding diaryl/α,β-unsaturated/α-hetero) is 1. The van der Waals surface area contributed by atoms with Gasteiger partial charge in [-0.3, -0.25) is 14.3 Å². The van der Waals surface area contributed by atoms with E-state index >= 15 is 0 Å². The van der Waals surface area contributed by atoms with Crippen molar-refractivity contribution in [1.29, 1.82) is 15.8 Å². The van der Waals surface area contributed by atoms with Crippen molar-refractivity contribution in [3.8, 4) is 18.2 Å². The molecular weight excluding hydrogens is 768 g/mol. The molecule has 54 heavy (non-hydrogen) atoms. The molecule has 0 bridgehead atoms. The normalized spacial score (nSPS) is 9.50. The van der Waals surface area contributed by atoms with Crippen LogP contribution in [0.25, 0.3) is 32.7 Å². The molecule has 0 spiro atoms. The molecule has 6 aromatic rings. The van der Waals surface area contributed by atoms with Gasteiger partial charge in [0.2, 0.25) is 5.24 Å². The zero-order valence-corrected chi connectivity index (χ0v) is 31.8. The fourth-order valence-corrected chi connectivity index (χ4v) is 5.57. The van der Waals surface area contributed by atoms with Crippen molar-refractivity contribution in [3.05, 3.63) is 107 Å². The molecule has 0 unspecified atom stereocenters. The number of carbonyl (C=O) groups excluding carboxylic acids is 2. The summed E-state index contributed by atoms with van der Waals surface area (Å²) in [7, 11) is 0. The quantitative estimate of drug-likeness (QED) is 0.0391. The Morgan fingerprint density at radius 1 is 0.648 bits per heavy atom. The van der Waals surface area contributed by atoms with Crippen molar-refractivity contribution < 1.29 is 15.7 Å². The van der Waals surface area contributed by atoms with Crippen LogP contribution in [0.3, 0.4) is 0 Å². The van der Waals surface area contributed by atoms with E-state index in [9.17, 15) is 9.59 Å². The number of rotatable bonds is 11. The number of aryl methyl sites for hydroxylation is 1. The molecular formula is C40H43BCl4FN6O2. The van der Waals surface area contributed by atoms with Crippen LogP contribution in [-0.4, -0.2) is 52.0 Å². The highest BCUT2D eigenvalue weighted by Crippen LogP contribution is 2.22. The Morgan fingerprint density at radius 2 is 1.17 bits per heavy atom. The van der Waals surface area contributed by atoms with Gasteiger partial charge in [0.1, 0.15) is 0 Å². The van der Waals surface area contributed by atoms with Crippen molar-refractivity contribution in [1.82, 2.24) is 15.0 Å². The SMILES string of the molecule is C.F.N#Cc1ccc2[nH]cc(C(=O)CCCCl)c2c1.N#Cc1ccc2[nH]cc(CCCCCl)c2c1.N#Cc1ccc2[nH]ccc2c1.O=C(Cl)CCCCl.[2HH].[B]. The molecule has 3 aromatic carbocycles. The molecule has 0 aliphatic rings. The number of carbonyl (C=O) groups is 2. The van der Waals surface area contributed by atoms with Gasteiger partial charge >= 0.3 is 0 Å². The van der Waals surface area contributed by atoms with E-state index in [1.807, 2.05) is 54.9 Å². The van der Waals surface area contributed by atoms with Crippen LogP contribution >= 0.6 is 46.4 Å². The van der Waals surface area contributed by atoms with Gasteiger partial charge in [-0.1, -0.05) is 7.43 Å². The molecule has 0 fully saturated rings. The summed E-state index contributed by atoms with van der Waals surface area (Å²) in [5.41, 5.74) is 6.94. The van der Waals surface area contributed by atoms with Gasteiger partial charge in [0.15, 0.2) is 5.78 Å². The minimum atomic E-state index is -0.305. The zero-order valence-electron chi connectivity index (χ0n) is 28.7. The van der Waals surface area contributed by atoms with Crippen LogP contribution in [0.2, 0.25) is 0 Å². The Labute approximate surface area is 338 Å². The number of fused-ring (bicyclic) bond motifs is 3. The highest BCUT2D eigenvalue weighted by atomic mass is 35.5. The zero-order chi connectivity index (χ0) is 37.0. The maximum atomic E-state index is 11.9. The van der Waals surface area contributed by atoms with Crippen LogP contribution in [0.4, 0.5) is 4.70 Å². The van der Waals surface area contributed by atoms with E-state index in [1.165, 1.54) is 5.56 Å².